The van der Waals surface area contributed by atoms with Crippen LogP contribution in [0.15, 0.2) is 35.8 Å². The van der Waals surface area contributed by atoms with Gasteiger partial charge in [0, 0.05) is 31.6 Å². The van der Waals surface area contributed by atoms with Crippen LogP contribution in [0.4, 0.5) is 0 Å². The molecule has 0 atom stereocenters. The van der Waals surface area contributed by atoms with Crippen molar-refractivity contribution in [3.63, 3.8) is 0 Å². The lowest BCUT2D eigenvalue weighted by Gasteiger charge is -2.04. The van der Waals surface area contributed by atoms with Crippen LogP contribution in [-0.2, 0) is 20.0 Å². The van der Waals surface area contributed by atoms with E-state index in [1.807, 2.05) is 23.7 Å². The second-order valence-corrected chi connectivity index (χ2v) is 5.41. The number of hydrogen-bond donors (Lipinski definition) is 1. The second kappa shape index (κ2) is 5.50. The summed E-state index contributed by atoms with van der Waals surface area (Å²) in [5.41, 5.74) is 2.24. The summed E-state index contributed by atoms with van der Waals surface area (Å²) in [5.74, 6) is 1.07. The summed E-state index contributed by atoms with van der Waals surface area (Å²) in [4.78, 5) is 8.91. The number of rotatable bonds is 5. The molecule has 0 saturated heterocycles. The van der Waals surface area contributed by atoms with E-state index in [0.717, 1.165) is 30.9 Å². The number of aryl methyl sites for hydroxylation is 1. The van der Waals surface area contributed by atoms with Gasteiger partial charge < -0.3 is 9.88 Å². The first-order valence-corrected chi connectivity index (χ1v) is 7.22. The number of thiazole rings is 1. The van der Waals surface area contributed by atoms with Crippen molar-refractivity contribution in [2.45, 2.75) is 13.0 Å². The van der Waals surface area contributed by atoms with Crippen molar-refractivity contribution < 1.29 is 0 Å². The summed E-state index contributed by atoms with van der Waals surface area (Å²) in [6.07, 6.45) is 2.83. The van der Waals surface area contributed by atoms with E-state index in [1.165, 1.54) is 10.5 Å². The molecule has 98 valence electrons. The van der Waals surface area contributed by atoms with E-state index in [2.05, 4.69) is 39.0 Å². The Morgan fingerprint density at radius 1 is 1.32 bits per heavy atom. The molecule has 0 fully saturated rings. The number of aromatic nitrogens is 3. The van der Waals surface area contributed by atoms with Gasteiger partial charge in [-0.1, -0.05) is 12.1 Å². The molecule has 0 radical (unpaired) electrons. The molecule has 4 nitrogen and oxygen atoms in total. The molecule has 0 unspecified atom stereocenters. The molecule has 2 aromatic heterocycles. The van der Waals surface area contributed by atoms with Gasteiger partial charge in [0.2, 0.25) is 0 Å². The zero-order valence-electron chi connectivity index (χ0n) is 10.8. The number of benzene rings is 1. The van der Waals surface area contributed by atoms with Gasteiger partial charge in [-0.05, 0) is 12.1 Å². The zero-order valence-corrected chi connectivity index (χ0v) is 11.7. The number of nitrogens with zero attached hydrogens (tertiary/aromatic N) is 3. The fourth-order valence-electron chi connectivity index (χ4n) is 2.13. The van der Waals surface area contributed by atoms with Crippen molar-refractivity contribution in [3.05, 3.63) is 46.7 Å². The Bertz CT molecular complexity index is 657. The summed E-state index contributed by atoms with van der Waals surface area (Å²) in [6, 6.07) is 8.22. The van der Waals surface area contributed by atoms with Gasteiger partial charge in [0.15, 0.2) is 0 Å². The highest BCUT2D eigenvalue weighted by molar-refractivity contribution is 7.09. The highest BCUT2D eigenvalue weighted by Crippen LogP contribution is 2.13. The van der Waals surface area contributed by atoms with Crippen LogP contribution in [0.25, 0.3) is 11.0 Å². The third kappa shape index (κ3) is 2.67. The quantitative estimate of drug-likeness (QED) is 0.725. The monoisotopic (exact) mass is 272 g/mol. The molecule has 1 N–H and O–H groups in total. The molecule has 3 aromatic rings. The SMILES string of the molecule is Cn1c(CNCCc2nccs2)nc2ccccc21. The fraction of sp³-hybridized carbons (Fsp3) is 0.286. The molecule has 3 rings (SSSR count). The lowest BCUT2D eigenvalue weighted by atomic mass is 10.3. The van der Waals surface area contributed by atoms with Crippen LogP contribution < -0.4 is 5.32 Å². The zero-order chi connectivity index (χ0) is 13.1. The molecule has 5 heteroatoms. The van der Waals surface area contributed by atoms with Gasteiger partial charge in [-0.25, -0.2) is 9.97 Å². The molecule has 1 aromatic carbocycles. The topological polar surface area (TPSA) is 42.7 Å². The summed E-state index contributed by atoms with van der Waals surface area (Å²) in [6.45, 7) is 1.72. The van der Waals surface area contributed by atoms with Crippen LogP contribution in [0, 0.1) is 0 Å². The van der Waals surface area contributed by atoms with E-state index in [-0.39, 0.29) is 0 Å². The first kappa shape index (κ1) is 12.3. The normalized spacial score (nSPS) is 11.2. The van der Waals surface area contributed by atoms with Crippen molar-refractivity contribution in [2.24, 2.45) is 7.05 Å². The van der Waals surface area contributed by atoms with Gasteiger partial charge in [-0.3, -0.25) is 0 Å². The van der Waals surface area contributed by atoms with Crippen molar-refractivity contribution in [1.29, 1.82) is 0 Å². The molecule has 0 amide bonds. The van der Waals surface area contributed by atoms with Gasteiger partial charge >= 0.3 is 0 Å². The van der Waals surface area contributed by atoms with Gasteiger partial charge in [0.1, 0.15) is 5.82 Å². The Balaban J connectivity index is 1.61. The fourth-order valence-corrected chi connectivity index (χ4v) is 2.75. The van der Waals surface area contributed by atoms with Gasteiger partial charge in [-0.2, -0.15) is 0 Å². The van der Waals surface area contributed by atoms with Crippen molar-refractivity contribution in [2.75, 3.05) is 6.54 Å². The van der Waals surface area contributed by atoms with E-state index in [9.17, 15) is 0 Å². The number of fused-ring (bicyclic) bond motifs is 1. The Morgan fingerprint density at radius 2 is 2.21 bits per heavy atom. The predicted molar refractivity (Wildman–Crippen MR) is 78.2 cm³/mol. The summed E-state index contributed by atoms with van der Waals surface area (Å²) in [7, 11) is 2.06. The minimum atomic E-state index is 0.788. The average Bonchev–Trinajstić information content (AvgIpc) is 3.04. The van der Waals surface area contributed by atoms with Gasteiger partial charge in [0.05, 0.1) is 22.6 Å². The average molecular weight is 272 g/mol. The number of hydrogen-bond acceptors (Lipinski definition) is 4. The lowest BCUT2D eigenvalue weighted by molar-refractivity contribution is 0.641. The largest absolute Gasteiger partial charge is 0.330 e. The predicted octanol–water partition coefficient (Wildman–Crippen LogP) is 2.36. The van der Waals surface area contributed by atoms with Crippen LogP contribution in [0.3, 0.4) is 0 Å². The van der Waals surface area contributed by atoms with E-state index in [0.29, 0.717) is 0 Å². The minimum absolute atomic E-state index is 0.788. The number of nitrogens with one attached hydrogen (secondary N) is 1. The Kier molecular flexibility index (Phi) is 3.57. The molecule has 19 heavy (non-hydrogen) atoms. The van der Waals surface area contributed by atoms with Gasteiger partial charge in [0.25, 0.3) is 0 Å². The van der Waals surface area contributed by atoms with Crippen LogP contribution >= 0.6 is 11.3 Å². The number of imidazole rings is 1. The first-order valence-electron chi connectivity index (χ1n) is 6.34. The highest BCUT2D eigenvalue weighted by Gasteiger charge is 2.06. The van der Waals surface area contributed by atoms with Crippen molar-refractivity contribution >= 4 is 22.4 Å². The van der Waals surface area contributed by atoms with Crippen molar-refractivity contribution in [1.82, 2.24) is 19.9 Å². The van der Waals surface area contributed by atoms with Crippen LogP contribution in [0.1, 0.15) is 10.8 Å². The Labute approximate surface area is 116 Å². The molecule has 0 bridgehead atoms. The molecule has 0 aliphatic rings. The molecule has 2 heterocycles. The highest BCUT2D eigenvalue weighted by atomic mass is 32.1. The molecule has 0 aliphatic carbocycles. The smallest absolute Gasteiger partial charge is 0.123 e. The molecule has 0 aliphatic heterocycles. The molecule has 0 spiro atoms. The van der Waals surface area contributed by atoms with Gasteiger partial charge in [-0.15, -0.1) is 11.3 Å². The maximum absolute atomic E-state index is 4.63. The second-order valence-electron chi connectivity index (χ2n) is 4.43. The van der Waals surface area contributed by atoms with E-state index >= 15 is 0 Å². The summed E-state index contributed by atoms with van der Waals surface area (Å²) < 4.78 is 2.14. The maximum atomic E-state index is 4.63. The van der Waals surface area contributed by atoms with Crippen molar-refractivity contribution in [3.8, 4) is 0 Å². The Hall–Kier alpha value is -1.72. The third-order valence-corrected chi connectivity index (χ3v) is 4.00. The number of para-hydroxylation sites is 2. The van der Waals surface area contributed by atoms with E-state index in [1.54, 1.807) is 11.3 Å². The summed E-state index contributed by atoms with van der Waals surface area (Å²) in [5, 5.41) is 6.62. The summed E-state index contributed by atoms with van der Waals surface area (Å²) >= 11 is 1.70. The Morgan fingerprint density at radius 3 is 3.00 bits per heavy atom. The lowest BCUT2D eigenvalue weighted by Crippen LogP contribution is -2.19. The molecular formula is C14H16N4S. The van der Waals surface area contributed by atoms with Crippen LogP contribution in [-0.4, -0.2) is 21.1 Å². The molecular weight excluding hydrogens is 256 g/mol. The van der Waals surface area contributed by atoms with E-state index in [4.69, 9.17) is 0 Å². The third-order valence-electron chi connectivity index (χ3n) is 3.16. The van der Waals surface area contributed by atoms with Crippen LogP contribution in [0.2, 0.25) is 0 Å². The minimum Gasteiger partial charge on any atom is -0.330 e. The first-order chi connectivity index (χ1) is 9.34. The maximum Gasteiger partial charge on any atom is 0.123 e. The molecule has 0 saturated carbocycles. The van der Waals surface area contributed by atoms with Crippen LogP contribution in [0.5, 0.6) is 0 Å². The standard InChI is InChI=1S/C14H16N4S/c1-18-12-5-3-2-4-11(12)17-13(18)10-15-7-6-14-16-8-9-19-14/h2-5,8-9,15H,6-7,10H2,1H3. The van der Waals surface area contributed by atoms with E-state index < -0.39 is 0 Å².